The number of aliphatic hydroxyl groups excluding tert-OH is 1. The van der Waals surface area contributed by atoms with Crippen LogP contribution in [0.15, 0.2) is 29.2 Å². The number of hydrogen-bond acceptors (Lipinski definition) is 5. The Labute approximate surface area is 134 Å². The van der Waals surface area contributed by atoms with Gasteiger partial charge in [0.2, 0.25) is 0 Å². The number of ketones is 1. The topological polar surface area (TPSA) is 72.8 Å². The predicted molar refractivity (Wildman–Crippen MR) is 85.6 cm³/mol. The van der Waals surface area contributed by atoms with Crippen LogP contribution in [0.5, 0.6) is 0 Å². The summed E-state index contributed by atoms with van der Waals surface area (Å²) in [5, 5.41) is 8.83. The maximum Gasteiger partial charge on any atom is 0.182 e. The van der Waals surface area contributed by atoms with Crippen LogP contribution in [0.4, 0.5) is 0 Å². The Morgan fingerprint density at radius 1 is 1.32 bits per heavy atom. The monoisotopic (exact) mass is 325 g/mol. The molecule has 1 N–H and O–H groups in total. The van der Waals surface area contributed by atoms with Gasteiger partial charge in [-0.25, -0.2) is 0 Å². The van der Waals surface area contributed by atoms with Gasteiger partial charge in [0, 0.05) is 18.7 Å². The molecule has 0 saturated carbocycles. The third kappa shape index (κ3) is 3.88. The molecule has 1 heterocycles. The summed E-state index contributed by atoms with van der Waals surface area (Å²) >= 11 is -1.22. The number of morpholine rings is 1. The third-order valence-electron chi connectivity index (χ3n) is 4.01. The number of rotatable bonds is 6. The zero-order valence-electron chi connectivity index (χ0n) is 13.1. The Hall–Kier alpha value is -0.920. The first-order valence-electron chi connectivity index (χ1n) is 7.43. The van der Waals surface area contributed by atoms with Crippen molar-refractivity contribution in [1.82, 2.24) is 4.90 Å². The second-order valence-corrected chi connectivity index (χ2v) is 7.36. The Balaban J connectivity index is 2.11. The molecule has 1 fully saturated rings. The van der Waals surface area contributed by atoms with Crippen molar-refractivity contribution in [3.63, 3.8) is 0 Å². The van der Waals surface area contributed by atoms with Crippen molar-refractivity contribution in [2.24, 2.45) is 0 Å². The molecule has 5 nitrogen and oxygen atoms in total. The number of ether oxygens (including phenoxy) is 1. The molecule has 0 aromatic heterocycles. The van der Waals surface area contributed by atoms with Crippen LogP contribution in [-0.2, 0) is 15.9 Å². The highest BCUT2D eigenvalue weighted by atomic mass is 32.2. The van der Waals surface area contributed by atoms with Crippen molar-refractivity contribution in [1.29, 1.82) is 0 Å². The first kappa shape index (κ1) is 17.4. The average Bonchev–Trinajstić information content (AvgIpc) is 2.55. The summed E-state index contributed by atoms with van der Waals surface area (Å²) in [5.74, 6) is 0.265. The Kier molecular flexibility index (Phi) is 6.00. The fourth-order valence-corrected chi connectivity index (χ4v) is 3.42. The summed E-state index contributed by atoms with van der Waals surface area (Å²) in [6.07, 6.45) is 0. The molecule has 1 aromatic carbocycles. The fourth-order valence-electron chi connectivity index (χ4n) is 2.58. The summed E-state index contributed by atoms with van der Waals surface area (Å²) in [4.78, 5) is 15.5. The average molecular weight is 325 g/mol. The summed E-state index contributed by atoms with van der Waals surface area (Å²) in [6.45, 7) is 6.54. The maximum absolute atomic E-state index is 12.8. The molecule has 0 amide bonds. The van der Waals surface area contributed by atoms with E-state index in [0.717, 1.165) is 13.1 Å². The SMILES string of the molecule is CC(C)(C(=O)c1ccc([S+]([O-])CCO)cc1)N1CCOCC1. The lowest BCUT2D eigenvalue weighted by atomic mass is 9.91. The van der Waals surface area contributed by atoms with Gasteiger partial charge in [0.1, 0.15) is 5.75 Å². The van der Waals surface area contributed by atoms with E-state index in [1.807, 2.05) is 13.8 Å². The van der Waals surface area contributed by atoms with E-state index in [9.17, 15) is 9.35 Å². The molecule has 1 saturated heterocycles. The Morgan fingerprint density at radius 3 is 2.45 bits per heavy atom. The second kappa shape index (κ2) is 7.57. The summed E-state index contributed by atoms with van der Waals surface area (Å²) in [5.41, 5.74) is 0.0245. The van der Waals surface area contributed by atoms with Gasteiger partial charge < -0.3 is 14.4 Å². The van der Waals surface area contributed by atoms with E-state index in [2.05, 4.69) is 4.90 Å². The minimum Gasteiger partial charge on any atom is -0.611 e. The summed E-state index contributed by atoms with van der Waals surface area (Å²) < 4.78 is 17.2. The van der Waals surface area contributed by atoms with Crippen LogP contribution in [0.1, 0.15) is 24.2 Å². The van der Waals surface area contributed by atoms with Crippen LogP contribution in [0.2, 0.25) is 0 Å². The molecule has 0 bridgehead atoms. The smallest absolute Gasteiger partial charge is 0.182 e. The molecular weight excluding hydrogens is 302 g/mol. The van der Waals surface area contributed by atoms with Crippen LogP contribution in [-0.4, -0.2) is 64.5 Å². The van der Waals surface area contributed by atoms with E-state index in [1.165, 1.54) is 0 Å². The van der Waals surface area contributed by atoms with E-state index >= 15 is 0 Å². The van der Waals surface area contributed by atoms with Gasteiger partial charge in [-0.1, -0.05) is 0 Å². The summed E-state index contributed by atoms with van der Waals surface area (Å²) in [6, 6.07) is 6.84. The molecule has 1 aliphatic heterocycles. The van der Waals surface area contributed by atoms with Crippen molar-refractivity contribution in [2.75, 3.05) is 38.7 Å². The highest BCUT2D eigenvalue weighted by molar-refractivity contribution is 7.91. The van der Waals surface area contributed by atoms with Gasteiger partial charge in [0.15, 0.2) is 10.7 Å². The highest BCUT2D eigenvalue weighted by Gasteiger charge is 2.35. The van der Waals surface area contributed by atoms with E-state index in [4.69, 9.17) is 9.84 Å². The van der Waals surface area contributed by atoms with Crippen molar-refractivity contribution < 1.29 is 19.2 Å². The van der Waals surface area contributed by atoms with Crippen LogP contribution in [0.25, 0.3) is 0 Å². The van der Waals surface area contributed by atoms with Gasteiger partial charge in [-0.3, -0.25) is 9.69 Å². The normalized spacial score (nSPS) is 18.2. The van der Waals surface area contributed by atoms with Gasteiger partial charge in [-0.15, -0.1) is 0 Å². The Morgan fingerprint density at radius 2 is 1.91 bits per heavy atom. The number of Topliss-reactive ketones (excluding diaryl/α,β-unsaturated/α-hetero) is 1. The molecular formula is C16H23NO4S. The number of hydrogen-bond donors (Lipinski definition) is 1. The zero-order chi connectivity index (χ0) is 16.2. The van der Waals surface area contributed by atoms with Crippen molar-refractivity contribution in [2.45, 2.75) is 24.3 Å². The third-order valence-corrected chi connectivity index (χ3v) is 5.36. The molecule has 1 aromatic rings. The lowest BCUT2D eigenvalue weighted by Crippen LogP contribution is -2.54. The number of benzene rings is 1. The number of aliphatic hydroxyl groups is 1. The van der Waals surface area contributed by atoms with Gasteiger partial charge >= 0.3 is 0 Å². The van der Waals surface area contributed by atoms with E-state index in [1.54, 1.807) is 24.3 Å². The zero-order valence-corrected chi connectivity index (χ0v) is 13.9. The number of nitrogens with zero attached hydrogens (tertiary/aromatic N) is 1. The second-order valence-electron chi connectivity index (χ2n) is 5.79. The fraction of sp³-hybridized carbons (Fsp3) is 0.562. The Bertz CT molecular complexity index is 497. The first-order chi connectivity index (χ1) is 10.5. The van der Waals surface area contributed by atoms with Crippen molar-refractivity contribution in [3.05, 3.63) is 29.8 Å². The quantitative estimate of drug-likeness (QED) is 0.626. The van der Waals surface area contributed by atoms with Gasteiger partial charge in [0.05, 0.1) is 25.4 Å². The molecule has 122 valence electrons. The van der Waals surface area contributed by atoms with Crippen LogP contribution >= 0.6 is 0 Å². The standard InChI is InChI=1S/C16H23NO4S/c1-16(2,17-7-10-21-11-8-17)15(19)13-3-5-14(6-4-13)22(20)12-9-18/h3-6,18H,7-12H2,1-2H3. The first-order valence-corrected chi connectivity index (χ1v) is 8.75. The van der Waals surface area contributed by atoms with E-state index < -0.39 is 16.7 Å². The van der Waals surface area contributed by atoms with E-state index in [-0.39, 0.29) is 18.1 Å². The molecule has 2 rings (SSSR count). The molecule has 6 heteroatoms. The number of carbonyl (C=O) groups excluding carboxylic acids is 1. The molecule has 0 spiro atoms. The molecule has 0 radical (unpaired) electrons. The highest BCUT2D eigenvalue weighted by Crippen LogP contribution is 2.23. The lowest BCUT2D eigenvalue weighted by Gasteiger charge is -2.39. The largest absolute Gasteiger partial charge is 0.611 e. The van der Waals surface area contributed by atoms with Crippen LogP contribution in [0, 0.1) is 0 Å². The van der Waals surface area contributed by atoms with E-state index in [0.29, 0.717) is 23.7 Å². The maximum atomic E-state index is 12.8. The molecule has 0 aliphatic carbocycles. The van der Waals surface area contributed by atoms with Crippen LogP contribution < -0.4 is 0 Å². The minimum atomic E-state index is -1.22. The molecule has 1 aliphatic rings. The molecule has 1 atom stereocenters. The number of carbonyl (C=O) groups is 1. The summed E-state index contributed by atoms with van der Waals surface area (Å²) in [7, 11) is 0. The van der Waals surface area contributed by atoms with Crippen molar-refractivity contribution >= 4 is 17.0 Å². The van der Waals surface area contributed by atoms with Gasteiger partial charge in [-0.05, 0) is 49.3 Å². The van der Waals surface area contributed by atoms with Gasteiger partial charge in [0.25, 0.3) is 0 Å². The predicted octanol–water partition coefficient (Wildman–Crippen LogP) is 1.08. The van der Waals surface area contributed by atoms with Crippen LogP contribution in [0.3, 0.4) is 0 Å². The van der Waals surface area contributed by atoms with Crippen molar-refractivity contribution in [3.8, 4) is 0 Å². The molecule has 22 heavy (non-hydrogen) atoms. The minimum absolute atomic E-state index is 0.0499. The lowest BCUT2D eigenvalue weighted by molar-refractivity contribution is -0.00430. The molecule has 1 unspecified atom stereocenters. The van der Waals surface area contributed by atoms with Gasteiger partial charge in [-0.2, -0.15) is 0 Å².